The summed E-state index contributed by atoms with van der Waals surface area (Å²) in [5.74, 6) is 0. The van der Waals surface area contributed by atoms with Gasteiger partial charge < -0.3 is 9.80 Å². The molecule has 254 valence electrons. The van der Waals surface area contributed by atoms with Crippen molar-refractivity contribution in [3.05, 3.63) is 214 Å². The third-order valence-corrected chi connectivity index (χ3v) is 9.51. The smallest absolute Gasteiger partial charge is 0.0519 e. The van der Waals surface area contributed by atoms with E-state index in [0.29, 0.717) is 0 Å². The molecule has 2 heteroatoms. The molecule has 0 saturated heterocycles. The number of nitrogens with zero attached hydrogens (tertiary/aromatic N) is 2. The van der Waals surface area contributed by atoms with Crippen LogP contribution in [0.15, 0.2) is 170 Å². The lowest BCUT2D eigenvalue weighted by Gasteiger charge is -2.32. The summed E-state index contributed by atoms with van der Waals surface area (Å²) in [6.07, 6.45) is 8.68. The number of benzene rings is 7. The minimum Gasteiger partial charge on any atom is -0.310 e. The molecule has 0 spiro atoms. The van der Waals surface area contributed by atoms with Gasteiger partial charge in [-0.05, 0) is 115 Å². The molecule has 0 amide bonds. The number of hydrogen-bond donors (Lipinski definition) is 0. The van der Waals surface area contributed by atoms with E-state index in [1.807, 2.05) is 12.1 Å². The standard InChI is InChI=1S/C50H44N2/c1-37-14-11-15-38(2)49(37)51(45-32-28-43(29-33-45)26-24-41-18-7-5-8-19-41)47-22-13-23-48(36-47)52(50-39(3)16-12-17-40(50)4)46-34-30-44(31-35-46)27-25-42-20-9-6-10-21-42/h5-36H,1-4H3. The van der Waals surface area contributed by atoms with Crippen molar-refractivity contribution in [1.29, 1.82) is 0 Å². The van der Waals surface area contributed by atoms with Crippen molar-refractivity contribution in [2.75, 3.05) is 9.80 Å². The topological polar surface area (TPSA) is 6.48 Å². The maximum Gasteiger partial charge on any atom is 0.0519 e. The maximum atomic E-state index is 2.40. The van der Waals surface area contributed by atoms with Crippen LogP contribution in [0.25, 0.3) is 24.3 Å². The predicted octanol–water partition coefficient (Wildman–Crippen LogP) is 14.2. The van der Waals surface area contributed by atoms with Gasteiger partial charge in [0.15, 0.2) is 0 Å². The molecule has 0 fully saturated rings. The van der Waals surface area contributed by atoms with Crippen molar-refractivity contribution in [2.24, 2.45) is 0 Å². The van der Waals surface area contributed by atoms with Crippen LogP contribution >= 0.6 is 0 Å². The highest BCUT2D eigenvalue weighted by Gasteiger charge is 2.21. The molecule has 0 saturated carbocycles. The van der Waals surface area contributed by atoms with E-state index in [1.165, 1.54) is 44.8 Å². The molecule has 0 unspecified atom stereocenters. The molecule has 0 radical (unpaired) electrons. The van der Waals surface area contributed by atoms with E-state index in [1.54, 1.807) is 0 Å². The monoisotopic (exact) mass is 672 g/mol. The Bertz CT molecular complexity index is 2110. The van der Waals surface area contributed by atoms with Crippen molar-refractivity contribution in [2.45, 2.75) is 27.7 Å². The Labute approximate surface area is 309 Å². The molecule has 52 heavy (non-hydrogen) atoms. The first-order valence-corrected chi connectivity index (χ1v) is 17.9. The third kappa shape index (κ3) is 7.67. The zero-order chi connectivity index (χ0) is 35.9. The molecule has 2 nitrogen and oxygen atoms in total. The third-order valence-electron chi connectivity index (χ3n) is 9.51. The quantitative estimate of drug-likeness (QED) is 0.133. The molecule has 0 aromatic heterocycles. The van der Waals surface area contributed by atoms with Crippen molar-refractivity contribution >= 4 is 58.4 Å². The van der Waals surface area contributed by atoms with Crippen LogP contribution < -0.4 is 9.80 Å². The first-order chi connectivity index (χ1) is 25.4. The van der Waals surface area contributed by atoms with Gasteiger partial charge in [-0.1, -0.05) is 152 Å². The molecule has 7 aromatic carbocycles. The number of anilines is 6. The van der Waals surface area contributed by atoms with E-state index in [0.717, 1.165) is 33.9 Å². The fraction of sp³-hybridized carbons (Fsp3) is 0.0800. The van der Waals surface area contributed by atoms with Crippen LogP contribution in [-0.2, 0) is 0 Å². The van der Waals surface area contributed by atoms with Crippen molar-refractivity contribution in [3.8, 4) is 0 Å². The van der Waals surface area contributed by atoms with E-state index in [2.05, 4.69) is 220 Å². The van der Waals surface area contributed by atoms with E-state index in [9.17, 15) is 0 Å². The fourth-order valence-electron chi connectivity index (χ4n) is 6.88. The molecular formula is C50H44N2. The van der Waals surface area contributed by atoms with Gasteiger partial charge in [0.1, 0.15) is 0 Å². The van der Waals surface area contributed by atoms with Crippen molar-refractivity contribution < 1.29 is 0 Å². The molecule has 0 aliphatic carbocycles. The van der Waals surface area contributed by atoms with Gasteiger partial charge in [0.05, 0.1) is 11.4 Å². The van der Waals surface area contributed by atoms with Crippen LogP contribution in [0.1, 0.15) is 44.5 Å². The number of hydrogen-bond acceptors (Lipinski definition) is 2. The Morgan fingerprint density at radius 3 is 0.942 bits per heavy atom. The van der Waals surface area contributed by atoms with E-state index < -0.39 is 0 Å². The highest BCUT2D eigenvalue weighted by Crippen LogP contribution is 2.43. The summed E-state index contributed by atoms with van der Waals surface area (Å²) in [6.45, 7) is 8.81. The van der Waals surface area contributed by atoms with Crippen LogP contribution in [0.4, 0.5) is 34.1 Å². The Kier molecular flexibility index (Phi) is 10.3. The van der Waals surface area contributed by atoms with Crippen LogP contribution in [0, 0.1) is 27.7 Å². The Morgan fingerprint density at radius 2 is 0.596 bits per heavy atom. The zero-order valence-electron chi connectivity index (χ0n) is 30.4. The average molecular weight is 673 g/mol. The second-order valence-electron chi connectivity index (χ2n) is 13.3. The normalized spacial score (nSPS) is 11.3. The van der Waals surface area contributed by atoms with E-state index >= 15 is 0 Å². The Balaban J connectivity index is 1.30. The molecule has 0 bridgehead atoms. The molecule has 0 heterocycles. The second-order valence-corrected chi connectivity index (χ2v) is 13.3. The molecule has 0 atom stereocenters. The van der Waals surface area contributed by atoms with Crippen LogP contribution in [0.3, 0.4) is 0 Å². The number of para-hydroxylation sites is 2. The van der Waals surface area contributed by atoms with E-state index in [4.69, 9.17) is 0 Å². The molecule has 0 N–H and O–H groups in total. The van der Waals surface area contributed by atoms with E-state index in [-0.39, 0.29) is 0 Å². The van der Waals surface area contributed by atoms with Gasteiger partial charge >= 0.3 is 0 Å². The highest BCUT2D eigenvalue weighted by molar-refractivity contribution is 5.87. The lowest BCUT2D eigenvalue weighted by molar-refractivity contribution is 1.19. The number of rotatable bonds is 10. The van der Waals surface area contributed by atoms with Crippen LogP contribution in [0.5, 0.6) is 0 Å². The molecule has 0 aliphatic rings. The van der Waals surface area contributed by atoms with Gasteiger partial charge in [-0.2, -0.15) is 0 Å². The molecular weight excluding hydrogens is 629 g/mol. The summed E-state index contributed by atoms with van der Waals surface area (Å²) >= 11 is 0. The second kappa shape index (κ2) is 15.7. The largest absolute Gasteiger partial charge is 0.310 e. The summed E-state index contributed by atoms with van der Waals surface area (Å²) in [7, 11) is 0. The van der Waals surface area contributed by atoms with Crippen molar-refractivity contribution in [1.82, 2.24) is 0 Å². The van der Waals surface area contributed by atoms with Gasteiger partial charge in [0, 0.05) is 22.7 Å². The molecule has 0 aliphatic heterocycles. The van der Waals surface area contributed by atoms with Gasteiger partial charge in [-0.15, -0.1) is 0 Å². The maximum absolute atomic E-state index is 2.40. The summed E-state index contributed by atoms with van der Waals surface area (Å²) in [5.41, 5.74) is 16.4. The molecule has 7 rings (SSSR count). The summed E-state index contributed by atoms with van der Waals surface area (Å²) in [5, 5.41) is 0. The first kappa shape index (κ1) is 34.1. The zero-order valence-corrected chi connectivity index (χ0v) is 30.4. The lowest BCUT2D eigenvalue weighted by atomic mass is 10.0. The van der Waals surface area contributed by atoms with Gasteiger partial charge in [-0.25, -0.2) is 0 Å². The minimum absolute atomic E-state index is 1.10. The fourth-order valence-corrected chi connectivity index (χ4v) is 6.88. The lowest BCUT2D eigenvalue weighted by Crippen LogP contribution is -2.16. The highest BCUT2D eigenvalue weighted by atomic mass is 15.2. The minimum atomic E-state index is 1.10. The van der Waals surface area contributed by atoms with Gasteiger partial charge in [-0.3, -0.25) is 0 Å². The SMILES string of the molecule is Cc1cccc(C)c1N(c1ccc(C=Cc2ccccc2)cc1)c1cccc(N(c2ccc(C=Cc3ccccc3)cc2)c2c(C)cccc2C)c1. The van der Waals surface area contributed by atoms with Crippen LogP contribution in [0.2, 0.25) is 0 Å². The summed E-state index contributed by atoms with van der Waals surface area (Å²) < 4.78 is 0. The van der Waals surface area contributed by atoms with Gasteiger partial charge in [0.25, 0.3) is 0 Å². The average Bonchev–Trinajstić information content (AvgIpc) is 3.18. The predicted molar refractivity (Wildman–Crippen MR) is 225 cm³/mol. The summed E-state index contributed by atoms with van der Waals surface area (Å²) in [4.78, 5) is 4.80. The van der Waals surface area contributed by atoms with Crippen molar-refractivity contribution in [3.63, 3.8) is 0 Å². The van der Waals surface area contributed by atoms with Gasteiger partial charge in [0.2, 0.25) is 0 Å². The van der Waals surface area contributed by atoms with Crippen LogP contribution in [-0.4, -0.2) is 0 Å². The first-order valence-electron chi connectivity index (χ1n) is 17.9. The Hall–Kier alpha value is -6.38. The molecule has 7 aromatic rings. The summed E-state index contributed by atoms with van der Waals surface area (Å²) in [6, 6.07) is 60.6. The Morgan fingerprint density at radius 1 is 0.288 bits per heavy atom. The number of aryl methyl sites for hydroxylation is 4.